The fraction of sp³-hybridized carbons (Fsp3) is 0.0667. The molecule has 0 saturated carbocycles. The lowest BCUT2D eigenvalue weighted by molar-refractivity contribution is 0.103. The van der Waals surface area contributed by atoms with Crippen LogP contribution in [0.25, 0.3) is 5.65 Å². The molecule has 0 unspecified atom stereocenters. The van der Waals surface area contributed by atoms with E-state index in [0.29, 0.717) is 17.1 Å². The zero-order valence-electron chi connectivity index (χ0n) is 10.8. The summed E-state index contributed by atoms with van der Waals surface area (Å²) >= 11 is 0. The minimum atomic E-state index is -0.277. The summed E-state index contributed by atoms with van der Waals surface area (Å²) in [6.45, 7) is 0. The molecular weight excluding hydrogens is 256 g/mol. The maximum Gasteiger partial charge on any atom is 0.215 e. The molecule has 1 aromatic carbocycles. The number of methoxy groups -OCH3 is 1. The van der Waals surface area contributed by atoms with Crippen molar-refractivity contribution in [2.75, 3.05) is 7.11 Å². The first-order chi connectivity index (χ1) is 9.70. The molecule has 0 atom stereocenters. The minimum absolute atomic E-state index is 0.0408. The first-order valence-electron chi connectivity index (χ1n) is 6.04. The number of benzene rings is 1. The van der Waals surface area contributed by atoms with Gasteiger partial charge < -0.3 is 9.84 Å². The summed E-state index contributed by atoms with van der Waals surface area (Å²) in [5.74, 6) is 0.353. The molecule has 0 radical (unpaired) electrons. The van der Waals surface area contributed by atoms with Crippen LogP contribution in [0.2, 0.25) is 0 Å². The van der Waals surface area contributed by atoms with E-state index < -0.39 is 0 Å². The number of aromatic hydroxyl groups is 1. The fourth-order valence-corrected chi connectivity index (χ4v) is 2.06. The first kappa shape index (κ1) is 12.2. The molecule has 0 spiro atoms. The molecule has 0 aliphatic carbocycles. The summed E-state index contributed by atoms with van der Waals surface area (Å²) in [5.41, 5.74) is 1.26. The van der Waals surface area contributed by atoms with Crippen LogP contribution in [0.4, 0.5) is 0 Å². The number of carbonyl (C=O) groups is 1. The van der Waals surface area contributed by atoms with Crippen LogP contribution in [-0.2, 0) is 0 Å². The summed E-state index contributed by atoms with van der Waals surface area (Å²) in [5, 5.41) is 9.76. The van der Waals surface area contributed by atoms with Gasteiger partial charge in [-0.25, -0.2) is 4.98 Å². The third kappa shape index (κ3) is 1.89. The fourth-order valence-electron chi connectivity index (χ4n) is 2.06. The molecule has 2 aromatic heterocycles. The van der Waals surface area contributed by atoms with Crippen LogP contribution in [0.5, 0.6) is 11.5 Å². The minimum Gasteiger partial charge on any atom is -0.507 e. The number of rotatable bonds is 3. The monoisotopic (exact) mass is 268 g/mol. The molecule has 100 valence electrons. The Kier molecular flexibility index (Phi) is 2.87. The highest BCUT2D eigenvalue weighted by molar-refractivity contribution is 6.09. The zero-order valence-corrected chi connectivity index (χ0v) is 10.8. The van der Waals surface area contributed by atoms with Gasteiger partial charge in [0, 0.05) is 12.3 Å². The molecule has 0 saturated heterocycles. The van der Waals surface area contributed by atoms with Crippen molar-refractivity contribution in [3.8, 4) is 11.5 Å². The maximum atomic E-state index is 12.4. The zero-order chi connectivity index (χ0) is 14.1. The lowest BCUT2D eigenvalue weighted by Crippen LogP contribution is -2.05. The van der Waals surface area contributed by atoms with Crippen LogP contribution < -0.4 is 4.74 Å². The maximum absolute atomic E-state index is 12.4. The number of imidazole rings is 1. The molecule has 3 aromatic rings. The standard InChI is InChI=1S/C15H12N2O3/c1-20-10-6-7-17-12(9-16-14(17)8-10)15(19)11-4-2-3-5-13(11)18/h2-9,18H,1H3. The molecule has 0 amide bonds. The highest BCUT2D eigenvalue weighted by atomic mass is 16.5. The molecule has 20 heavy (non-hydrogen) atoms. The number of hydrogen-bond acceptors (Lipinski definition) is 4. The van der Waals surface area contributed by atoms with Crippen LogP contribution >= 0.6 is 0 Å². The van der Waals surface area contributed by atoms with Crippen LogP contribution in [0.15, 0.2) is 48.8 Å². The van der Waals surface area contributed by atoms with Crippen LogP contribution in [-0.4, -0.2) is 27.4 Å². The Morgan fingerprint density at radius 3 is 2.85 bits per heavy atom. The summed E-state index contributed by atoms with van der Waals surface area (Å²) in [6.07, 6.45) is 3.21. The van der Waals surface area contributed by atoms with Gasteiger partial charge in [0.15, 0.2) is 0 Å². The molecule has 0 aliphatic rings. The molecule has 0 bridgehead atoms. The van der Waals surface area contributed by atoms with Gasteiger partial charge in [-0.15, -0.1) is 0 Å². The molecule has 2 heterocycles. The van der Waals surface area contributed by atoms with Crippen molar-refractivity contribution in [2.45, 2.75) is 0 Å². The van der Waals surface area contributed by atoms with E-state index in [1.165, 1.54) is 12.3 Å². The predicted molar refractivity (Wildman–Crippen MR) is 73.3 cm³/mol. The number of hydrogen-bond donors (Lipinski definition) is 1. The number of fused-ring (bicyclic) bond motifs is 1. The molecule has 5 heteroatoms. The summed E-state index contributed by atoms with van der Waals surface area (Å²) in [7, 11) is 1.57. The predicted octanol–water partition coefficient (Wildman–Crippen LogP) is 2.28. The Morgan fingerprint density at radius 2 is 2.10 bits per heavy atom. The number of aromatic nitrogens is 2. The Morgan fingerprint density at radius 1 is 1.30 bits per heavy atom. The quantitative estimate of drug-likeness (QED) is 0.740. The third-order valence-corrected chi connectivity index (χ3v) is 3.10. The number of carbonyl (C=O) groups excluding carboxylic acids is 1. The van der Waals surface area contributed by atoms with Crippen molar-refractivity contribution >= 4 is 11.4 Å². The number of ketones is 1. The van der Waals surface area contributed by atoms with Crippen molar-refractivity contribution in [3.63, 3.8) is 0 Å². The smallest absolute Gasteiger partial charge is 0.215 e. The molecule has 5 nitrogen and oxygen atoms in total. The summed E-state index contributed by atoms with van der Waals surface area (Å²) < 4.78 is 6.78. The highest BCUT2D eigenvalue weighted by Crippen LogP contribution is 2.21. The molecule has 0 fully saturated rings. The van der Waals surface area contributed by atoms with Crippen molar-refractivity contribution in [1.82, 2.24) is 9.38 Å². The Labute approximate surface area is 115 Å². The SMILES string of the molecule is COc1ccn2c(C(=O)c3ccccc3O)cnc2c1. The lowest BCUT2D eigenvalue weighted by atomic mass is 10.1. The third-order valence-electron chi connectivity index (χ3n) is 3.10. The van der Waals surface area contributed by atoms with Crippen molar-refractivity contribution < 1.29 is 14.6 Å². The average Bonchev–Trinajstić information content (AvgIpc) is 2.90. The second-order valence-electron chi connectivity index (χ2n) is 4.28. The van der Waals surface area contributed by atoms with Crippen LogP contribution in [0.1, 0.15) is 16.1 Å². The van der Waals surface area contributed by atoms with Crippen molar-refractivity contribution in [3.05, 3.63) is 60.0 Å². The van der Waals surface area contributed by atoms with Gasteiger partial charge in [0.2, 0.25) is 5.78 Å². The number of phenolic OH excluding ortho intramolecular Hbond substituents is 1. The summed E-state index contributed by atoms with van der Waals surface area (Å²) in [4.78, 5) is 16.6. The van der Waals surface area contributed by atoms with E-state index >= 15 is 0 Å². The second-order valence-corrected chi connectivity index (χ2v) is 4.28. The number of ether oxygens (including phenoxy) is 1. The first-order valence-corrected chi connectivity index (χ1v) is 6.04. The second kappa shape index (κ2) is 4.70. The van der Waals surface area contributed by atoms with Gasteiger partial charge in [-0.05, 0) is 18.2 Å². The average molecular weight is 268 g/mol. The van der Waals surface area contributed by atoms with Gasteiger partial charge in [0.05, 0.1) is 18.9 Å². The molecule has 3 rings (SSSR count). The Balaban J connectivity index is 2.11. The van der Waals surface area contributed by atoms with Gasteiger partial charge >= 0.3 is 0 Å². The highest BCUT2D eigenvalue weighted by Gasteiger charge is 2.17. The number of phenols is 1. The number of pyridine rings is 1. The van der Waals surface area contributed by atoms with E-state index in [-0.39, 0.29) is 17.1 Å². The van der Waals surface area contributed by atoms with E-state index in [9.17, 15) is 9.90 Å². The summed E-state index contributed by atoms with van der Waals surface area (Å²) in [6, 6.07) is 9.93. The molecular formula is C15H12N2O3. The van der Waals surface area contributed by atoms with E-state index in [1.807, 2.05) is 0 Å². The van der Waals surface area contributed by atoms with Gasteiger partial charge in [-0.3, -0.25) is 9.20 Å². The van der Waals surface area contributed by atoms with E-state index in [4.69, 9.17) is 4.74 Å². The van der Waals surface area contributed by atoms with Crippen LogP contribution in [0.3, 0.4) is 0 Å². The molecule has 1 N–H and O–H groups in total. The van der Waals surface area contributed by atoms with Gasteiger partial charge in [0.25, 0.3) is 0 Å². The number of nitrogens with zero attached hydrogens (tertiary/aromatic N) is 2. The van der Waals surface area contributed by atoms with Crippen molar-refractivity contribution in [2.24, 2.45) is 0 Å². The number of para-hydroxylation sites is 1. The van der Waals surface area contributed by atoms with Gasteiger partial charge in [-0.1, -0.05) is 12.1 Å². The Bertz CT molecular complexity index is 793. The Hall–Kier alpha value is -2.82. The van der Waals surface area contributed by atoms with Gasteiger partial charge in [0.1, 0.15) is 22.8 Å². The largest absolute Gasteiger partial charge is 0.507 e. The van der Waals surface area contributed by atoms with E-state index in [2.05, 4.69) is 4.98 Å². The van der Waals surface area contributed by atoms with Crippen LogP contribution in [0, 0.1) is 0 Å². The van der Waals surface area contributed by atoms with Crippen molar-refractivity contribution in [1.29, 1.82) is 0 Å². The van der Waals surface area contributed by atoms with E-state index in [0.717, 1.165) is 0 Å². The lowest BCUT2D eigenvalue weighted by Gasteiger charge is -2.04. The normalized spacial score (nSPS) is 10.7. The van der Waals surface area contributed by atoms with Gasteiger partial charge in [-0.2, -0.15) is 0 Å². The molecule has 0 aliphatic heterocycles. The van der Waals surface area contributed by atoms with E-state index in [1.54, 1.807) is 48.0 Å². The topological polar surface area (TPSA) is 63.8 Å².